The number of carbonyl (C=O) groups excluding carboxylic acids is 2. The first-order valence-corrected chi connectivity index (χ1v) is 10.5. The largest absolute Gasteiger partial charge is 0.416 e. The Morgan fingerprint density at radius 3 is 2.65 bits per heavy atom. The van der Waals surface area contributed by atoms with Gasteiger partial charge in [-0.3, -0.25) is 9.59 Å². The molecule has 0 unspecified atom stereocenters. The van der Waals surface area contributed by atoms with Gasteiger partial charge in [-0.25, -0.2) is 19.9 Å². The van der Waals surface area contributed by atoms with Gasteiger partial charge in [0.25, 0.3) is 11.8 Å². The fourth-order valence-electron chi connectivity index (χ4n) is 2.58. The van der Waals surface area contributed by atoms with E-state index in [-0.39, 0.29) is 41.5 Å². The maximum atomic E-state index is 13.1. The number of aromatic nitrogens is 4. The number of aryl methyl sites for hydroxylation is 1. The topological polar surface area (TPSA) is 130 Å². The van der Waals surface area contributed by atoms with Crippen LogP contribution < -0.4 is 10.6 Å². The second-order valence-electron chi connectivity index (χ2n) is 6.70. The molecule has 0 bridgehead atoms. The predicted octanol–water partition coefficient (Wildman–Crippen LogP) is 2.57. The molecule has 34 heavy (non-hydrogen) atoms. The van der Waals surface area contributed by atoms with Crippen molar-refractivity contribution in [1.82, 2.24) is 25.3 Å². The molecule has 0 aliphatic rings. The smallest absolute Gasteiger partial charge is 0.395 e. The molecule has 0 fully saturated rings. The highest BCUT2D eigenvalue weighted by Crippen LogP contribution is 2.32. The van der Waals surface area contributed by atoms with Crippen molar-refractivity contribution in [1.29, 1.82) is 0 Å². The predicted molar refractivity (Wildman–Crippen MR) is 116 cm³/mol. The van der Waals surface area contributed by atoms with Gasteiger partial charge in [0.2, 0.25) is 0 Å². The minimum atomic E-state index is -4.57. The third-order valence-electron chi connectivity index (χ3n) is 4.18. The summed E-state index contributed by atoms with van der Waals surface area (Å²) in [7, 11) is 0. The van der Waals surface area contributed by atoms with Crippen LogP contribution in [0.15, 0.2) is 30.9 Å². The lowest BCUT2D eigenvalue weighted by atomic mass is 10.1. The van der Waals surface area contributed by atoms with E-state index in [1.807, 2.05) is 0 Å². The van der Waals surface area contributed by atoms with E-state index in [2.05, 4.69) is 42.4 Å². The highest BCUT2D eigenvalue weighted by molar-refractivity contribution is 7.13. The lowest BCUT2D eigenvalue weighted by Gasteiger charge is -2.11. The number of halogens is 3. The Morgan fingerprint density at radius 1 is 1.12 bits per heavy atom. The van der Waals surface area contributed by atoms with Gasteiger partial charge in [0.1, 0.15) is 33.4 Å². The molecule has 0 saturated carbocycles. The number of amides is 2. The molecule has 3 rings (SSSR count). The molecular weight excluding hydrogens is 473 g/mol. The summed E-state index contributed by atoms with van der Waals surface area (Å²) in [5.41, 5.74) is -0.559. The van der Waals surface area contributed by atoms with E-state index in [1.54, 1.807) is 0 Å². The Morgan fingerprint density at radius 2 is 1.91 bits per heavy atom. The molecule has 9 nitrogen and oxygen atoms in total. The second kappa shape index (κ2) is 10.8. The van der Waals surface area contributed by atoms with Crippen molar-refractivity contribution in [2.45, 2.75) is 26.1 Å². The molecule has 3 heterocycles. The molecular formula is C21H17F3N6O3S. The molecule has 0 saturated heterocycles. The maximum absolute atomic E-state index is 13.1. The number of thiazole rings is 1. The Hall–Kier alpha value is -3.89. The summed E-state index contributed by atoms with van der Waals surface area (Å²) in [5.74, 6) is 3.95. The van der Waals surface area contributed by atoms with Crippen molar-refractivity contribution in [2.75, 3.05) is 11.9 Å². The summed E-state index contributed by atoms with van der Waals surface area (Å²) in [6.45, 7) is 1.18. The summed E-state index contributed by atoms with van der Waals surface area (Å²) in [4.78, 5) is 40.5. The summed E-state index contributed by atoms with van der Waals surface area (Å²) in [6.07, 6.45) is -0.830. The molecule has 2 amide bonds. The molecule has 3 aromatic heterocycles. The zero-order valence-electron chi connectivity index (χ0n) is 17.6. The van der Waals surface area contributed by atoms with Gasteiger partial charge in [-0.15, -0.1) is 11.3 Å². The van der Waals surface area contributed by atoms with Gasteiger partial charge in [0.15, 0.2) is 0 Å². The number of hydrogen-bond donors (Lipinski definition) is 3. The number of nitrogens with zero attached hydrogens (tertiary/aromatic N) is 4. The number of hydrogen-bond acceptors (Lipinski definition) is 8. The zero-order chi connectivity index (χ0) is 24.7. The highest BCUT2D eigenvalue weighted by atomic mass is 32.1. The minimum absolute atomic E-state index is 0.00664. The van der Waals surface area contributed by atoms with Gasteiger partial charge in [0, 0.05) is 18.7 Å². The summed E-state index contributed by atoms with van der Waals surface area (Å²) >= 11 is 0.960. The fourth-order valence-corrected chi connectivity index (χ4v) is 3.33. The first-order chi connectivity index (χ1) is 16.2. The molecule has 0 spiro atoms. The maximum Gasteiger partial charge on any atom is 0.416 e. The SMILES string of the molecule is Cc1cnc(NC(=O)c2cnc(CNC(=O)c3cc(C#CCCO)ncn3)s2)cc1C(F)(F)F. The quantitative estimate of drug-likeness (QED) is 0.453. The van der Waals surface area contributed by atoms with Crippen molar-refractivity contribution in [3.63, 3.8) is 0 Å². The molecule has 0 aliphatic heterocycles. The van der Waals surface area contributed by atoms with Gasteiger partial charge in [-0.05, 0) is 24.5 Å². The van der Waals surface area contributed by atoms with Crippen LogP contribution in [0.2, 0.25) is 0 Å². The molecule has 0 aliphatic carbocycles. The average molecular weight is 490 g/mol. The molecule has 0 aromatic carbocycles. The van der Waals surface area contributed by atoms with E-state index in [4.69, 9.17) is 5.11 Å². The number of anilines is 1. The number of aliphatic hydroxyl groups excluding tert-OH is 1. The number of nitrogens with one attached hydrogen (secondary N) is 2. The molecule has 13 heteroatoms. The summed E-state index contributed by atoms with van der Waals surface area (Å²) < 4.78 is 39.2. The third kappa shape index (κ3) is 6.56. The normalized spacial score (nSPS) is 10.9. The van der Waals surface area contributed by atoms with E-state index in [0.717, 1.165) is 23.6 Å². The number of pyridine rings is 1. The van der Waals surface area contributed by atoms with Crippen LogP contribution in [-0.2, 0) is 12.7 Å². The first-order valence-electron chi connectivity index (χ1n) is 9.67. The Bertz CT molecular complexity index is 1270. The van der Waals surface area contributed by atoms with Crippen LogP contribution in [0.4, 0.5) is 19.0 Å². The third-order valence-corrected chi connectivity index (χ3v) is 5.18. The van der Waals surface area contributed by atoms with Crippen molar-refractivity contribution in [3.8, 4) is 11.8 Å². The number of alkyl halides is 3. The van der Waals surface area contributed by atoms with E-state index < -0.39 is 23.6 Å². The van der Waals surface area contributed by atoms with E-state index in [0.29, 0.717) is 10.7 Å². The molecule has 0 radical (unpaired) electrons. The van der Waals surface area contributed by atoms with Crippen LogP contribution in [0.3, 0.4) is 0 Å². The second-order valence-corrected chi connectivity index (χ2v) is 7.82. The van der Waals surface area contributed by atoms with E-state index in [9.17, 15) is 22.8 Å². The van der Waals surface area contributed by atoms with Crippen LogP contribution >= 0.6 is 11.3 Å². The van der Waals surface area contributed by atoms with Gasteiger partial charge < -0.3 is 15.7 Å². The van der Waals surface area contributed by atoms with Crippen molar-refractivity contribution in [3.05, 3.63) is 63.3 Å². The van der Waals surface area contributed by atoms with Gasteiger partial charge in [0.05, 0.1) is 24.9 Å². The van der Waals surface area contributed by atoms with Crippen LogP contribution in [0.1, 0.15) is 48.4 Å². The van der Waals surface area contributed by atoms with Crippen molar-refractivity contribution in [2.24, 2.45) is 0 Å². The highest BCUT2D eigenvalue weighted by Gasteiger charge is 2.33. The Balaban J connectivity index is 1.61. The molecule has 3 N–H and O–H groups in total. The van der Waals surface area contributed by atoms with Crippen LogP contribution in [0.5, 0.6) is 0 Å². The average Bonchev–Trinajstić information content (AvgIpc) is 3.28. The van der Waals surface area contributed by atoms with Crippen molar-refractivity contribution < 1.29 is 27.9 Å². The van der Waals surface area contributed by atoms with Crippen LogP contribution in [0, 0.1) is 18.8 Å². The monoisotopic (exact) mass is 490 g/mol. The Kier molecular flexibility index (Phi) is 7.87. The lowest BCUT2D eigenvalue weighted by molar-refractivity contribution is -0.138. The van der Waals surface area contributed by atoms with Gasteiger partial charge in [-0.1, -0.05) is 5.92 Å². The number of rotatable bonds is 6. The van der Waals surface area contributed by atoms with E-state index >= 15 is 0 Å². The lowest BCUT2D eigenvalue weighted by Crippen LogP contribution is -2.24. The van der Waals surface area contributed by atoms with E-state index in [1.165, 1.54) is 25.5 Å². The molecule has 0 atom stereocenters. The summed E-state index contributed by atoms with van der Waals surface area (Å²) in [6, 6.07) is 2.16. The minimum Gasteiger partial charge on any atom is -0.395 e. The molecule has 176 valence electrons. The zero-order valence-corrected chi connectivity index (χ0v) is 18.4. The first kappa shape index (κ1) is 24.7. The number of aliphatic hydroxyl groups is 1. The van der Waals surface area contributed by atoms with Crippen LogP contribution in [-0.4, -0.2) is 43.5 Å². The standard InChI is InChI=1S/C21H17F3N6O3S/c1-12-8-25-17(7-14(12)21(22,23)24)30-20(33)16-9-26-18(34-16)10-27-19(32)15-6-13(28-11-29-15)4-2-3-5-31/h6-9,11,31H,3,5,10H2,1H3,(H,27,32)(H,25,30,33). The summed E-state index contributed by atoms with van der Waals surface area (Å²) in [5, 5.41) is 14.1. The molecule has 3 aromatic rings. The number of carbonyl (C=O) groups is 2. The van der Waals surface area contributed by atoms with Gasteiger partial charge in [-0.2, -0.15) is 13.2 Å². The van der Waals surface area contributed by atoms with Gasteiger partial charge >= 0.3 is 6.18 Å². The Labute approximate surface area is 195 Å². The van der Waals surface area contributed by atoms with Crippen molar-refractivity contribution >= 4 is 29.0 Å². The fraction of sp³-hybridized carbons (Fsp3) is 0.238. The van der Waals surface area contributed by atoms with Crippen LogP contribution in [0.25, 0.3) is 0 Å².